The van der Waals surface area contributed by atoms with E-state index in [9.17, 15) is 0 Å². The Bertz CT molecular complexity index is 423. The highest BCUT2D eigenvalue weighted by Crippen LogP contribution is 2.16. The van der Waals surface area contributed by atoms with Crippen LogP contribution in [-0.4, -0.2) is 25.6 Å². The van der Waals surface area contributed by atoms with Gasteiger partial charge in [-0.25, -0.2) is 4.98 Å². The molecule has 0 saturated carbocycles. The molecule has 0 aliphatic heterocycles. The van der Waals surface area contributed by atoms with Crippen LogP contribution >= 0.6 is 11.8 Å². The highest BCUT2D eigenvalue weighted by molar-refractivity contribution is 7.99. The lowest BCUT2D eigenvalue weighted by Gasteiger charge is -1.99. The molecule has 2 aromatic rings. The quantitative estimate of drug-likeness (QED) is 0.419. The van der Waals surface area contributed by atoms with Crippen LogP contribution < -0.4 is 0 Å². The summed E-state index contributed by atoms with van der Waals surface area (Å²) < 4.78 is 1.72. The molecule has 0 spiro atoms. The van der Waals surface area contributed by atoms with Crippen molar-refractivity contribution in [1.29, 1.82) is 0 Å². The van der Waals surface area contributed by atoms with Gasteiger partial charge in [0, 0.05) is 11.9 Å². The molecular weight excluding hydrogens is 184 g/mol. The summed E-state index contributed by atoms with van der Waals surface area (Å²) in [6, 6.07) is 1.91. The van der Waals surface area contributed by atoms with Gasteiger partial charge in [-0.15, -0.1) is 23.4 Å². The van der Waals surface area contributed by atoms with Crippen LogP contribution in [0.15, 0.2) is 36.1 Å². The fraction of sp³-hybridized carbons (Fsp3) is 0.125. The van der Waals surface area contributed by atoms with Gasteiger partial charge in [-0.3, -0.25) is 0 Å². The Labute approximate surface area is 79.7 Å². The Hall–Kier alpha value is -1.36. The van der Waals surface area contributed by atoms with Crippen molar-refractivity contribution in [3.05, 3.63) is 31.1 Å². The Morgan fingerprint density at radius 2 is 2.54 bits per heavy atom. The second-order valence-corrected chi connectivity index (χ2v) is 3.43. The second-order valence-electron chi connectivity index (χ2n) is 2.39. The Morgan fingerprint density at radius 1 is 1.62 bits per heavy atom. The molecule has 0 radical (unpaired) electrons. The molecule has 2 aromatic heterocycles. The summed E-state index contributed by atoms with van der Waals surface area (Å²) in [4.78, 5) is 4.11. The zero-order chi connectivity index (χ0) is 9.10. The summed E-state index contributed by atoms with van der Waals surface area (Å²) in [5.41, 5.74) is 0.772. The van der Waals surface area contributed by atoms with Crippen molar-refractivity contribution in [3.8, 4) is 0 Å². The van der Waals surface area contributed by atoms with Crippen LogP contribution in [0.2, 0.25) is 0 Å². The minimum Gasteiger partial charge on any atom is -0.236 e. The molecule has 2 rings (SSSR count). The number of nitrogens with zero attached hydrogens (tertiary/aromatic N) is 4. The zero-order valence-corrected chi connectivity index (χ0v) is 7.74. The van der Waals surface area contributed by atoms with E-state index >= 15 is 0 Å². The average Bonchev–Trinajstić information content (AvgIpc) is 2.62. The first-order chi connectivity index (χ1) is 6.42. The predicted molar refractivity (Wildman–Crippen MR) is 51.7 cm³/mol. The molecule has 5 heteroatoms. The van der Waals surface area contributed by atoms with Gasteiger partial charge in [0.05, 0.1) is 6.20 Å². The first-order valence-electron chi connectivity index (χ1n) is 3.81. The van der Waals surface area contributed by atoms with Crippen LogP contribution in [0.5, 0.6) is 0 Å². The van der Waals surface area contributed by atoms with E-state index in [0.717, 1.165) is 16.4 Å². The van der Waals surface area contributed by atoms with Gasteiger partial charge in [0.15, 0.2) is 5.65 Å². The lowest BCUT2D eigenvalue weighted by Crippen LogP contribution is -1.94. The lowest BCUT2D eigenvalue weighted by atomic mass is 10.6. The first kappa shape index (κ1) is 8.25. The Balaban J connectivity index is 2.42. The van der Waals surface area contributed by atoms with Crippen molar-refractivity contribution in [2.75, 3.05) is 5.75 Å². The molecular formula is C8H8N4S. The van der Waals surface area contributed by atoms with E-state index in [2.05, 4.69) is 21.9 Å². The maximum absolute atomic E-state index is 4.11. The molecule has 2 heterocycles. The molecule has 0 bridgehead atoms. The smallest absolute Gasteiger partial charge is 0.176 e. The van der Waals surface area contributed by atoms with Crippen LogP contribution in [0, 0.1) is 0 Å². The summed E-state index contributed by atoms with van der Waals surface area (Å²) in [7, 11) is 0. The van der Waals surface area contributed by atoms with Gasteiger partial charge in [-0.1, -0.05) is 11.3 Å². The summed E-state index contributed by atoms with van der Waals surface area (Å²) in [6.07, 6.45) is 5.25. The third-order valence-corrected chi connectivity index (χ3v) is 2.52. The van der Waals surface area contributed by atoms with E-state index in [4.69, 9.17) is 0 Å². The molecule has 0 amide bonds. The van der Waals surface area contributed by atoms with Gasteiger partial charge in [-0.2, -0.15) is 4.52 Å². The SMILES string of the molecule is C=CCSc1ccnc2cnnn12. The molecule has 0 aliphatic rings. The monoisotopic (exact) mass is 192 g/mol. The maximum atomic E-state index is 4.11. The van der Waals surface area contributed by atoms with Gasteiger partial charge in [-0.05, 0) is 6.07 Å². The maximum Gasteiger partial charge on any atom is 0.176 e. The van der Waals surface area contributed by atoms with Gasteiger partial charge in [0.2, 0.25) is 0 Å². The van der Waals surface area contributed by atoms with Crippen LogP contribution in [0.1, 0.15) is 0 Å². The second kappa shape index (κ2) is 3.57. The summed E-state index contributed by atoms with van der Waals surface area (Å²) in [5, 5.41) is 8.73. The number of rotatable bonds is 3. The van der Waals surface area contributed by atoms with Crippen LogP contribution in [0.25, 0.3) is 5.65 Å². The number of thioether (sulfide) groups is 1. The zero-order valence-electron chi connectivity index (χ0n) is 6.92. The van der Waals surface area contributed by atoms with Crippen molar-refractivity contribution in [1.82, 2.24) is 19.8 Å². The molecule has 0 aliphatic carbocycles. The van der Waals surface area contributed by atoms with E-state index in [1.54, 1.807) is 28.7 Å². The predicted octanol–water partition coefficient (Wildman–Crippen LogP) is 1.40. The fourth-order valence-electron chi connectivity index (χ4n) is 0.976. The summed E-state index contributed by atoms with van der Waals surface area (Å²) in [6.45, 7) is 3.66. The molecule has 66 valence electrons. The van der Waals surface area contributed by atoms with Crippen molar-refractivity contribution in [3.63, 3.8) is 0 Å². The van der Waals surface area contributed by atoms with E-state index in [-0.39, 0.29) is 0 Å². The Kier molecular flexibility index (Phi) is 2.27. The molecule has 0 N–H and O–H groups in total. The van der Waals surface area contributed by atoms with Crippen LogP contribution in [0.3, 0.4) is 0 Å². The number of hydrogen-bond donors (Lipinski definition) is 0. The normalized spacial score (nSPS) is 10.5. The standard InChI is InChI=1S/C8H8N4S/c1-2-5-13-8-3-4-9-7-6-10-11-12(7)8/h2-4,6H,1,5H2. The van der Waals surface area contributed by atoms with E-state index < -0.39 is 0 Å². The minimum absolute atomic E-state index is 0.772. The summed E-state index contributed by atoms with van der Waals surface area (Å²) in [5.74, 6) is 0.860. The van der Waals surface area contributed by atoms with Gasteiger partial charge in [0.1, 0.15) is 5.03 Å². The first-order valence-corrected chi connectivity index (χ1v) is 4.79. The molecule has 13 heavy (non-hydrogen) atoms. The van der Waals surface area contributed by atoms with Crippen LogP contribution in [0.4, 0.5) is 0 Å². The highest BCUT2D eigenvalue weighted by Gasteiger charge is 2.01. The van der Waals surface area contributed by atoms with E-state index in [1.165, 1.54) is 0 Å². The fourth-order valence-corrected chi connectivity index (χ4v) is 1.67. The third kappa shape index (κ3) is 1.55. The van der Waals surface area contributed by atoms with Gasteiger partial charge < -0.3 is 0 Å². The summed E-state index contributed by atoms with van der Waals surface area (Å²) >= 11 is 1.66. The largest absolute Gasteiger partial charge is 0.236 e. The van der Waals surface area contributed by atoms with Crippen molar-refractivity contribution in [2.45, 2.75) is 5.03 Å². The number of aromatic nitrogens is 4. The molecule has 0 aromatic carbocycles. The average molecular weight is 192 g/mol. The van der Waals surface area contributed by atoms with Crippen molar-refractivity contribution < 1.29 is 0 Å². The minimum atomic E-state index is 0.772. The molecule has 4 nitrogen and oxygen atoms in total. The van der Waals surface area contributed by atoms with Crippen molar-refractivity contribution >= 4 is 17.4 Å². The van der Waals surface area contributed by atoms with Crippen LogP contribution in [-0.2, 0) is 0 Å². The van der Waals surface area contributed by atoms with Crippen molar-refractivity contribution in [2.24, 2.45) is 0 Å². The Morgan fingerprint density at radius 3 is 3.38 bits per heavy atom. The molecule has 0 atom stereocenters. The van der Waals surface area contributed by atoms with Gasteiger partial charge >= 0.3 is 0 Å². The third-order valence-electron chi connectivity index (χ3n) is 1.51. The molecule has 0 unspecified atom stereocenters. The molecule has 0 fully saturated rings. The number of fused-ring (bicyclic) bond motifs is 1. The van der Waals surface area contributed by atoms with E-state index in [1.807, 2.05) is 12.1 Å². The number of hydrogen-bond acceptors (Lipinski definition) is 4. The van der Waals surface area contributed by atoms with E-state index in [0.29, 0.717) is 0 Å². The lowest BCUT2D eigenvalue weighted by molar-refractivity contribution is 0.779. The highest BCUT2D eigenvalue weighted by atomic mass is 32.2. The topological polar surface area (TPSA) is 43.1 Å². The van der Waals surface area contributed by atoms with Gasteiger partial charge in [0.25, 0.3) is 0 Å². The molecule has 0 saturated heterocycles.